The fourth-order valence-electron chi connectivity index (χ4n) is 2.98. The molecule has 1 heterocycles. The van der Waals surface area contributed by atoms with E-state index >= 15 is 0 Å². The number of aliphatic hydroxyl groups is 1. The van der Waals surface area contributed by atoms with E-state index in [1.54, 1.807) is 6.92 Å². The van der Waals surface area contributed by atoms with Crippen molar-refractivity contribution in [3.05, 3.63) is 48.0 Å². The van der Waals surface area contributed by atoms with Crippen molar-refractivity contribution < 1.29 is 28.5 Å². The molecule has 0 amide bonds. The van der Waals surface area contributed by atoms with Crippen molar-refractivity contribution in [1.82, 2.24) is 4.72 Å². The smallest absolute Gasteiger partial charge is 0.330 e. The number of hydrogen-bond acceptors (Lipinski definition) is 5. The summed E-state index contributed by atoms with van der Waals surface area (Å²) in [5, 5.41) is 30.0. The molecule has 0 bridgehead atoms. The fourth-order valence-corrected chi connectivity index (χ4v) is 4.04. The van der Waals surface area contributed by atoms with E-state index < -0.39 is 28.0 Å². The van der Waals surface area contributed by atoms with E-state index in [0.717, 1.165) is 26.8 Å². The summed E-state index contributed by atoms with van der Waals surface area (Å²) in [6.45, 7) is 1.67. The van der Waals surface area contributed by atoms with Crippen LogP contribution in [0.1, 0.15) is 25.3 Å². The third-order valence-corrected chi connectivity index (χ3v) is 5.78. The van der Waals surface area contributed by atoms with Crippen LogP contribution in [0.4, 0.5) is 5.69 Å². The van der Waals surface area contributed by atoms with E-state index in [4.69, 9.17) is 5.11 Å². The highest BCUT2D eigenvalue weighted by Gasteiger charge is 2.30. The standard InChI is InChI=1S/C18H20N2O6S/c1-11(18(23)24)3-2-4-12-5-6-13-9-16(21)15(8-14(13)7-12)20-10-17(22)19-27(20,25)26/h5-11,19,21-22H,2-4H2,1H3,(H,23,24). The first-order chi connectivity index (χ1) is 12.7. The second-order valence-electron chi connectivity index (χ2n) is 6.57. The Bertz CT molecular complexity index is 1030. The molecule has 0 saturated carbocycles. The molecule has 0 aromatic heterocycles. The number of nitrogens with zero attached hydrogens (tertiary/aromatic N) is 1. The van der Waals surface area contributed by atoms with Gasteiger partial charge in [-0.05, 0) is 47.7 Å². The minimum atomic E-state index is -4.00. The number of benzene rings is 2. The van der Waals surface area contributed by atoms with E-state index in [9.17, 15) is 23.4 Å². The van der Waals surface area contributed by atoms with E-state index in [1.807, 2.05) is 22.9 Å². The van der Waals surface area contributed by atoms with Crippen LogP contribution in [-0.2, 0) is 21.4 Å². The Morgan fingerprint density at radius 3 is 2.56 bits per heavy atom. The van der Waals surface area contributed by atoms with Crippen LogP contribution in [-0.4, -0.2) is 29.7 Å². The van der Waals surface area contributed by atoms with Crippen LogP contribution in [0.5, 0.6) is 5.75 Å². The molecular formula is C18H20N2O6S. The average molecular weight is 392 g/mol. The van der Waals surface area contributed by atoms with Gasteiger partial charge in [0.15, 0.2) is 0 Å². The molecule has 27 heavy (non-hydrogen) atoms. The zero-order chi connectivity index (χ0) is 19.8. The molecule has 0 saturated heterocycles. The second-order valence-corrected chi connectivity index (χ2v) is 8.12. The third kappa shape index (κ3) is 3.92. The van der Waals surface area contributed by atoms with Gasteiger partial charge in [-0.25, -0.2) is 9.03 Å². The Hall–Kier alpha value is -2.94. The molecule has 1 aliphatic rings. The monoisotopic (exact) mass is 392 g/mol. The molecule has 1 unspecified atom stereocenters. The maximum atomic E-state index is 12.0. The zero-order valence-corrected chi connectivity index (χ0v) is 15.4. The number of fused-ring (bicyclic) bond motifs is 1. The van der Waals surface area contributed by atoms with Crippen LogP contribution in [0.15, 0.2) is 42.4 Å². The lowest BCUT2D eigenvalue weighted by Gasteiger charge is -2.16. The van der Waals surface area contributed by atoms with Crippen LogP contribution < -0.4 is 9.03 Å². The minimum absolute atomic E-state index is 0.0238. The number of rotatable bonds is 6. The Balaban J connectivity index is 1.88. The van der Waals surface area contributed by atoms with E-state index in [0.29, 0.717) is 19.3 Å². The molecule has 144 valence electrons. The van der Waals surface area contributed by atoms with Crippen molar-refractivity contribution in [2.45, 2.75) is 26.2 Å². The highest BCUT2D eigenvalue weighted by molar-refractivity contribution is 7.91. The van der Waals surface area contributed by atoms with Gasteiger partial charge in [-0.3, -0.25) is 4.79 Å². The first kappa shape index (κ1) is 18.8. The fraction of sp³-hybridized carbons (Fsp3) is 0.278. The summed E-state index contributed by atoms with van der Waals surface area (Å²) in [5.74, 6) is -1.98. The van der Waals surface area contributed by atoms with E-state index in [2.05, 4.69) is 0 Å². The second kappa shape index (κ2) is 6.99. The molecule has 0 aliphatic carbocycles. The average Bonchev–Trinajstić information content (AvgIpc) is 2.86. The number of carbonyl (C=O) groups is 1. The van der Waals surface area contributed by atoms with Gasteiger partial charge in [0.25, 0.3) is 0 Å². The minimum Gasteiger partial charge on any atom is -0.506 e. The summed E-state index contributed by atoms with van der Waals surface area (Å²) in [5.41, 5.74) is 1.01. The number of phenols is 1. The highest BCUT2D eigenvalue weighted by Crippen LogP contribution is 2.36. The van der Waals surface area contributed by atoms with Crippen molar-refractivity contribution in [3.63, 3.8) is 0 Å². The van der Waals surface area contributed by atoms with E-state index in [1.165, 1.54) is 12.1 Å². The maximum absolute atomic E-state index is 12.0. The van der Waals surface area contributed by atoms with Crippen molar-refractivity contribution in [2.24, 2.45) is 5.92 Å². The molecule has 2 aromatic rings. The van der Waals surface area contributed by atoms with E-state index in [-0.39, 0.29) is 11.4 Å². The predicted octanol–water partition coefficient (Wildman–Crippen LogP) is 2.60. The first-order valence-corrected chi connectivity index (χ1v) is 9.83. The molecular weight excluding hydrogens is 372 g/mol. The number of anilines is 1. The summed E-state index contributed by atoms with van der Waals surface area (Å²) in [4.78, 5) is 10.9. The quantitative estimate of drug-likeness (QED) is 0.598. The molecule has 8 nitrogen and oxygen atoms in total. The highest BCUT2D eigenvalue weighted by atomic mass is 32.2. The number of aryl methyl sites for hydroxylation is 1. The van der Waals surface area contributed by atoms with Crippen LogP contribution in [0.3, 0.4) is 0 Å². The Morgan fingerprint density at radius 2 is 1.93 bits per heavy atom. The van der Waals surface area contributed by atoms with Crippen molar-refractivity contribution >= 4 is 32.6 Å². The molecule has 4 N–H and O–H groups in total. The molecule has 1 atom stereocenters. The van der Waals surface area contributed by atoms with Crippen LogP contribution >= 0.6 is 0 Å². The number of aliphatic carboxylic acids is 1. The number of carboxylic acid groups (broad SMARTS) is 1. The van der Waals surface area contributed by atoms with Crippen molar-refractivity contribution in [1.29, 1.82) is 0 Å². The first-order valence-electron chi connectivity index (χ1n) is 8.39. The number of carboxylic acids is 1. The van der Waals surface area contributed by atoms with Crippen LogP contribution in [0, 0.1) is 5.92 Å². The van der Waals surface area contributed by atoms with Gasteiger partial charge in [0.2, 0.25) is 5.88 Å². The normalized spacial score (nSPS) is 16.8. The van der Waals surface area contributed by atoms with Gasteiger partial charge in [0, 0.05) is 0 Å². The molecule has 3 rings (SSSR count). The lowest BCUT2D eigenvalue weighted by atomic mass is 9.99. The van der Waals surface area contributed by atoms with Gasteiger partial charge in [-0.1, -0.05) is 25.1 Å². The number of nitrogens with one attached hydrogen (secondary N) is 1. The van der Waals surface area contributed by atoms with Gasteiger partial charge in [-0.2, -0.15) is 8.42 Å². The van der Waals surface area contributed by atoms with Crippen LogP contribution in [0.2, 0.25) is 0 Å². The van der Waals surface area contributed by atoms with Crippen molar-refractivity contribution in [3.8, 4) is 5.75 Å². The molecule has 0 radical (unpaired) electrons. The predicted molar refractivity (Wildman–Crippen MR) is 101 cm³/mol. The lowest BCUT2D eigenvalue weighted by molar-refractivity contribution is -0.141. The summed E-state index contributed by atoms with van der Waals surface area (Å²) in [7, 11) is -4.00. The molecule has 0 spiro atoms. The Labute approximate surface area is 156 Å². The SMILES string of the molecule is CC(CCCc1ccc2cc(O)c(N3C=C(O)NS3(=O)=O)cc2c1)C(=O)O. The lowest BCUT2D eigenvalue weighted by Crippen LogP contribution is -2.29. The zero-order valence-electron chi connectivity index (χ0n) is 14.6. The summed E-state index contributed by atoms with van der Waals surface area (Å²) >= 11 is 0. The largest absolute Gasteiger partial charge is 0.506 e. The van der Waals surface area contributed by atoms with Gasteiger partial charge < -0.3 is 15.3 Å². The molecule has 9 heteroatoms. The number of aromatic hydroxyl groups is 1. The number of phenolic OH excluding ortho intramolecular Hbond substituents is 1. The number of hydrogen-bond donors (Lipinski definition) is 4. The summed E-state index contributed by atoms with van der Waals surface area (Å²) in [6.07, 6.45) is 2.95. The molecule has 2 aromatic carbocycles. The van der Waals surface area contributed by atoms with Gasteiger partial charge >= 0.3 is 16.2 Å². The maximum Gasteiger partial charge on any atom is 0.330 e. The number of aliphatic hydroxyl groups excluding tert-OH is 1. The molecule has 1 aliphatic heterocycles. The summed E-state index contributed by atoms with van der Waals surface area (Å²) < 4.78 is 26.8. The van der Waals surface area contributed by atoms with Gasteiger partial charge in [0.1, 0.15) is 11.4 Å². The van der Waals surface area contributed by atoms with Crippen LogP contribution in [0.25, 0.3) is 10.8 Å². The third-order valence-electron chi connectivity index (χ3n) is 4.49. The Morgan fingerprint density at radius 1 is 1.19 bits per heavy atom. The van der Waals surface area contributed by atoms with Gasteiger partial charge in [0.05, 0.1) is 12.1 Å². The summed E-state index contributed by atoms with van der Waals surface area (Å²) in [6, 6.07) is 8.58. The van der Waals surface area contributed by atoms with Crippen molar-refractivity contribution in [2.75, 3.05) is 4.31 Å². The van der Waals surface area contributed by atoms with Gasteiger partial charge in [-0.15, -0.1) is 0 Å². The topological polar surface area (TPSA) is 127 Å². The Kier molecular flexibility index (Phi) is 4.88. The molecule has 0 fully saturated rings.